The fourth-order valence-electron chi connectivity index (χ4n) is 2.53. The van der Waals surface area contributed by atoms with Gasteiger partial charge in [0.15, 0.2) is 17.2 Å². The molecule has 1 aliphatic rings. The normalized spacial score (nSPS) is 18.1. The number of halogens is 4. The second kappa shape index (κ2) is 5.77. The van der Waals surface area contributed by atoms with Crippen LogP contribution in [0.25, 0.3) is 0 Å². The summed E-state index contributed by atoms with van der Waals surface area (Å²) >= 11 is 0. The molecule has 25 heavy (non-hydrogen) atoms. The van der Waals surface area contributed by atoms with E-state index in [2.05, 4.69) is 10.1 Å². The number of hydrogen-bond donors (Lipinski definition) is 1. The second-order valence-corrected chi connectivity index (χ2v) is 8.09. The molecule has 0 bridgehead atoms. The van der Waals surface area contributed by atoms with Gasteiger partial charge in [-0.25, -0.2) is 26.9 Å². The summed E-state index contributed by atoms with van der Waals surface area (Å²) < 4.78 is 82.7. The number of hydrogen-bond acceptors (Lipinski definition) is 5. The van der Waals surface area contributed by atoms with E-state index in [9.17, 15) is 31.1 Å². The Morgan fingerprint density at radius 3 is 2.52 bits per heavy atom. The van der Waals surface area contributed by atoms with E-state index in [0.717, 1.165) is 23.4 Å². The van der Waals surface area contributed by atoms with E-state index in [4.69, 9.17) is 0 Å². The van der Waals surface area contributed by atoms with Crippen LogP contribution in [0.4, 0.5) is 17.6 Å². The zero-order valence-electron chi connectivity index (χ0n) is 12.6. The highest BCUT2D eigenvalue weighted by Gasteiger charge is 2.67. The average Bonchev–Trinajstić information content (AvgIpc) is 3.29. The van der Waals surface area contributed by atoms with Crippen LogP contribution in [0.1, 0.15) is 18.4 Å². The maximum absolute atomic E-state index is 14.9. The van der Waals surface area contributed by atoms with Crippen LogP contribution in [0.3, 0.4) is 0 Å². The first kappa shape index (κ1) is 17.8. The summed E-state index contributed by atoms with van der Waals surface area (Å²) in [4.78, 5) is 3.51. The summed E-state index contributed by atoms with van der Waals surface area (Å²) in [6, 6.07) is 2.29. The molecule has 2 aromatic rings. The van der Waals surface area contributed by atoms with Gasteiger partial charge in [0.2, 0.25) is 9.84 Å². The van der Waals surface area contributed by atoms with Crippen molar-refractivity contribution in [1.82, 2.24) is 14.8 Å². The molecule has 0 radical (unpaired) electrons. The van der Waals surface area contributed by atoms with Gasteiger partial charge in [0.1, 0.15) is 12.7 Å². The van der Waals surface area contributed by atoms with Gasteiger partial charge < -0.3 is 5.11 Å². The molecule has 136 valence electrons. The lowest BCUT2D eigenvalue weighted by Crippen LogP contribution is -2.54. The molecule has 1 atom stereocenters. The molecule has 1 heterocycles. The van der Waals surface area contributed by atoms with Crippen molar-refractivity contribution >= 4 is 9.84 Å². The predicted molar refractivity (Wildman–Crippen MR) is 77.2 cm³/mol. The summed E-state index contributed by atoms with van der Waals surface area (Å²) in [5.74, 6) is -3.25. The first-order valence-corrected chi connectivity index (χ1v) is 8.76. The van der Waals surface area contributed by atoms with Crippen LogP contribution in [-0.2, 0) is 22.0 Å². The smallest absolute Gasteiger partial charge is 0.376 e. The van der Waals surface area contributed by atoms with Gasteiger partial charge in [-0.15, -0.1) is 0 Å². The first-order chi connectivity index (χ1) is 11.6. The number of rotatable bonds is 6. The van der Waals surface area contributed by atoms with Crippen LogP contribution in [0.2, 0.25) is 0 Å². The molecule has 0 spiro atoms. The van der Waals surface area contributed by atoms with E-state index in [1.54, 1.807) is 0 Å². The maximum atomic E-state index is 14.9. The molecule has 0 saturated heterocycles. The van der Waals surface area contributed by atoms with Gasteiger partial charge >= 0.3 is 5.25 Å². The molecule has 1 aromatic carbocycles. The van der Waals surface area contributed by atoms with Gasteiger partial charge in [-0.1, -0.05) is 12.1 Å². The van der Waals surface area contributed by atoms with Gasteiger partial charge in [0, 0.05) is 5.56 Å². The van der Waals surface area contributed by atoms with Crippen LogP contribution in [-0.4, -0.2) is 38.8 Å². The topological polar surface area (TPSA) is 85.1 Å². The van der Waals surface area contributed by atoms with Crippen LogP contribution in [0.5, 0.6) is 0 Å². The number of alkyl halides is 2. The fourth-order valence-corrected chi connectivity index (χ4v) is 4.35. The minimum absolute atomic E-state index is 0.0168. The van der Waals surface area contributed by atoms with Crippen molar-refractivity contribution in [2.75, 3.05) is 0 Å². The van der Waals surface area contributed by atoms with Crippen molar-refractivity contribution in [3.8, 4) is 0 Å². The first-order valence-electron chi connectivity index (χ1n) is 7.22. The third kappa shape index (κ3) is 2.71. The quantitative estimate of drug-likeness (QED) is 0.771. The number of nitrogens with zero attached hydrogens (tertiary/aromatic N) is 3. The van der Waals surface area contributed by atoms with Crippen LogP contribution in [0, 0.1) is 11.6 Å². The highest BCUT2D eigenvalue weighted by molar-refractivity contribution is 7.93. The van der Waals surface area contributed by atoms with Gasteiger partial charge in [0.25, 0.3) is 0 Å². The van der Waals surface area contributed by atoms with Gasteiger partial charge in [-0.3, -0.25) is 0 Å². The summed E-state index contributed by atoms with van der Waals surface area (Å²) in [7, 11) is -5.14. The molecule has 0 aliphatic heterocycles. The Morgan fingerprint density at radius 2 is 1.96 bits per heavy atom. The molecule has 0 amide bonds. The fraction of sp³-hybridized carbons (Fsp3) is 0.429. The van der Waals surface area contributed by atoms with Gasteiger partial charge in [-0.2, -0.15) is 13.9 Å². The number of sulfone groups is 1. The summed E-state index contributed by atoms with van der Waals surface area (Å²) in [5.41, 5.74) is -4.74. The number of benzene rings is 1. The van der Waals surface area contributed by atoms with Crippen molar-refractivity contribution in [3.63, 3.8) is 0 Å². The Hall–Kier alpha value is -2.01. The standard InChI is InChI=1S/C14H13F4N3O3S/c15-11-3-1-2-10(12(11)16)13(22,6-21-8-19-7-20-21)14(17,18)25(23,24)9-4-5-9/h1-3,7-9,22H,4-6H2. The van der Waals surface area contributed by atoms with Crippen LogP contribution >= 0.6 is 0 Å². The molecule has 1 aliphatic carbocycles. The van der Waals surface area contributed by atoms with Gasteiger partial charge in [0.05, 0.1) is 11.8 Å². The largest absolute Gasteiger partial charge is 0.379 e. The zero-order chi connectivity index (χ0) is 18.5. The van der Waals surface area contributed by atoms with E-state index < -0.39 is 49.7 Å². The third-order valence-corrected chi connectivity index (χ3v) is 6.46. The SMILES string of the molecule is O=S(=O)(C1CC1)C(F)(F)C(O)(Cn1cncn1)c1cccc(F)c1F. The second-order valence-electron chi connectivity index (χ2n) is 5.82. The van der Waals surface area contributed by atoms with Crippen molar-refractivity contribution < 1.29 is 31.1 Å². The van der Waals surface area contributed by atoms with Gasteiger partial charge in [-0.05, 0) is 18.9 Å². The maximum Gasteiger partial charge on any atom is 0.379 e. The molecular weight excluding hydrogens is 366 g/mol. The summed E-state index contributed by atoms with van der Waals surface area (Å²) in [6.07, 6.45) is 1.95. The minimum atomic E-state index is -5.14. The summed E-state index contributed by atoms with van der Waals surface area (Å²) in [5, 5.41) is 8.10. The van der Waals surface area contributed by atoms with E-state index in [-0.39, 0.29) is 12.8 Å². The Balaban J connectivity index is 2.20. The Labute approximate surface area is 140 Å². The molecular formula is C14H13F4N3O3S. The Bertz CT molecular complexity index is 885. The van der Waals surface area contributed by atoms with Crippen LogP contribution in [0.15, 0.2) is 30.9 Å². The number of aromatic nitrogens is 3. The Kier molecular flexibility index (Phi) is 4.11. The van der Waals surface area contributed by atoms with E-state index in [0.29, 0.717) is 12.1 Å². The third-order valence-electron chi connectivity index (χ3n) is 4.06. The lowest BCUT2D eigenvalue weighted by Gasteiger charge is -2.35. The van der Waals surface area contributed by atoms with E-state index in [1.807, 2.05) is 0 Å². The van der Waals surface area contributed by atoms with E-state index >= 15 is 0 Å². The highest BCUT2D eigenvalue weighted by Crippen LogP contribution is 2.49. The van der Waals surface area contributed by atoms with Crippen molar-refractivity contribution in [1.29, 1.82) is 0 Å². The monoisotopic (exact) mass is 379 g/mol. The average molecular weight is 379 g/mol. The Morgan fingerprint density at radius 1 is 1.28 bits per heavy atom. The molecule has 1 saturated carbocycles. The van der Waals surface area contributed by atoms with Crippen molar-refractivity contribution in [2.45, 2.75) is 35.5 Å². The van der Waals surface area contributed by atoms with Crippen LogP contribution < -0.4 is 0 Å². The van der Waals surface area contributed by atoms with E-state index in [1.165, 1.54) is 0 Å². The number of aliphatic hydroxyl groups is 1. The molecule has 1 unspecified atom stereocenters. The lowest BCUT2D eigenvalue weighted by atomic mass is 9.93. The molecule has 11 heteroatoms. The highest BCUT2D eigenvalue weighted by atomic mass is 32.2. The van der Waals surface area contributed by atoms with Crippen molar-refractivity contribution in [3.05, 3.63) is 48.1 Å². The predicted octanol–water partition coefficient (Wildman–Crippen LogP) is 1.61. The van der Waals surface area contributed by atoms with Crippen molar-refractivity contribution in [2.24, 2.45) is 0 Å². The zero-order valence-corrected chi connectivity index (χ0v) is 13.4. The molecule has 3 rings (SSSR count). The molecule has 1 N–H and O–H groups in total. The molecule has 1 aromatic heterocycles. The lowest BCUT2D eigenvalue weighted by molar-refractivity contribution is -0.145. The summed E-state index contributed by atoms with van der Waals surface area (Å²) in [6.45, 7) is -1.13. The molecule has 6 nitrogen and oxygen atoms in total. The molecule has 1 fully saturated rings. The minimum Gasteiger partial charge on any atom is -0.376 e.